The minimum absolute atomic E-state index is 0.0566. The van der Waals surface area contributed by atoms with Crippen LogP contribution in [0.2, 0.25) is 0 Å². The van der Waals surface area contributed by atoms with Gasteiger partial charge in [-0.3, -0.25) is 10.1 Å². The van der Waals surface area contributed by atoms with E-state index >= 15 is 0 Å². The molecule has 17 heavy (non-hydrogen) atoms. The van der Waals surface area contributed by atoms with Crippen LogP contribution in [0.4, 0.5) is 0 Å². The molecule has 1 heterocycles. The Morgan fingerprint density at radius 1 is 1.35 bits per heavy atom. The Hall–Kier alpha value is -0.570. The highest BCUT2D eigenvalue weighted by Crippen LogP contribution is 2.37. The molecule has 1 amide bonds. The standard InChI is InChI=1S/C14H26N2O/c1-5-13-15-12(8-9(2)3)14(17)16(13)10(4)11-6-7-11/h9-13,15H,5-8H2,1-4H3. The number of hydrogen-bond acceptors (Lipinski definition) is 2. The third kappa shape index (κ3) is 2.65. The van der Waals surface area contributed by atoms with Gasteiger partial charge < -0.3 is 4.90 Å². The highest BCUT2D eigenvalue weighted by molar-refractivity contribution is 5.84. The lowest BCUT2D eigenvalue weighted by Gasteiger charge is -2.29. The molecular formula is C14H26N2O. The van der Waals surface area contributed by atoms with Crippen molar-refractivity contribution in [1.29, 1.82) is 0 Å². The Morgan fingerprint density at radius 2 is 2.00 bits per heavy atom. The zero-order valence-electron chi connectivity index (χ0n) is 11.6. The van der Waals surface area contributed by atoms with E-state index in [-0.39, 0.29) is 12.2 Å². The monoisotopic (exact) mass is 238 g/mol. The van der Waals surface area contributed by atoms with Crippen molar-refractivity contribution in [3.05, 3.63) is 0 Å². The number of nitrogens with zero attached hydrogens (tertiary/aromatic N) is 1. The first-order valence-electron chi connectivity index (χ1n) is 7.12. The van der Waals surface area contributed by atoms with Crippen molar-refractivity contribution in [1.82, 2.24) is 10.2 Å². The van der Waals surface area contributed by atoms with Crippen molar-refractivity contribution in [2.75, 3.05) is 0 Å². The van der Waals surface area contributed by atoms with E-state index in [9.17, 15) is 4.79 Å². The van der Waals surface area contributed by atoms with Crippen molar-refractivity contribution in [2.24, 2.45) is 11.8 Å². The number of amides is 1. The fourth-order valence-corrected chi connectivity index (χ4v) is 2.96. The molecule has 2 aliphatic rings. The lowest BCUT2D eigenvalue weighted by molar-refractivity contribution is -0.132. The fourth-order valence-electron chi connectivity index (χ4n) is 2.96. The summed E-state index contributed by atoms with van der Waals surface area (Å²) in [5.74, 6) is 1.67. The predicted octanol–water partition coefficient (Wildman–Crippen LogP) is 2.37. The largest absolute Gasteiger partial charge is 0.323 e. The number of hydrogen-bond donors (Lipinski definition) is 1. The molecule has 1 saturated heterocycles. The summed E-state index contributed by atoms with van der Waals surface area (Å²) >= 11 is 0. The van der Waals surface area contributed by atoms with Gasteiger partial charge in [0.05, 0.1) is 12.2 Å². The van der Waals surface area contributed by atoms with Crippen LogP contribution in [-0.2, 0) is 4.79 Å². The van der Waals surface area contributed by atoms with Gasteiger partial charge in [-0.1, -0.05) is 20.8 Å². The number of carbonyl (C=O) groups is 1. The molecule has 3 nitrogen and oxygen atoms in total. The van der Waals surface area contributed by atoms with Crippen LogP contribution in [0.5, 0.6) is 0 Å². The van der Waals surface area contributed by atoms with Gasteiger partial charge in [0.2, 0.25) is 5.91 Å². The minimum Gasteiger partial charge on any atom is -0.323 e. The maximum absolute atomic E-state index is 12.4. The molecule has 2 rings (SSSR count). The Labute approximate surface area is 105 Å². The minimum atomic E-state index is 0.0566. The first-order valence-corrected chi connectivity index (χ1v) is 7.12. The second-order valence-electron chi connectivity index (χ2n) is 6.10. The van der Waals surface area contributed by atoms with E-state index in [4.69, 9.17) is 0 Å². The Morgan fingerprint density at radius 3 is 2.47 bits per heavy atom. The number of carbonyl (C=O) groups excluding carboxylic acids is 1. The summed E-state index contributed by atoms with van der Waals surface area (Å²) in [6, 6.07) is 0.485. The molecule has 1 aliphatic carbocycles. The summed E-state index contributed by atoms with van der Waals surface area (Å²) in [6.45, 7) is 8.75. The zero-order valence-corrected chi connectivity index (χ0v) is 11.6. The molecular weight excluding hydrogens is 212 g/mol. The van der Waals surface area contributed by atoms with Crippen LogP contribution in [0.15, 0.2) is 0 Å². The maximum Gasteiger partial charge on any atom is 0.241 e. The van der Waals surface area contributed by atoms with E-state index in [2.05, 4.69) is 37.9 Å². The second-order valence-corrected chi connectivity index (χ2v) is 6.10. The van der Waals surface area contributed by atoms with Gasteiger partial charge in [0.15, 0.2) is 0 Å². The summed E-state index contributed by atoms with van der Waals surface area (Å²) in [4.78, 5) is 14.6. The second kappa shape index (κ2) is 4.97. The topological polar surface area (TPSA) is 32.3 Å². The summed E-state index contributed by atoms with van der Waals surface area (Å²) < 4.78 is 0. The van der Waals surface area contributed by atoms with Crippen LogP contribution < -0.4 is 5.32 Å². The molecule has 2 fully saturated rings. The normalized spacial score (nSPS) is 31.4. The number of nitrogens with one attached hydrogen (secondary N) is 1. The third-order valence-corrected chi connectivity index (χ3v) is 4.12. The molecule has 0 radical (unpaired) electrons. The average Bonchev–Trinajstić information content (AvgIpc) is 3.05. The molecule has 1 saturated carbocycles. The molecule has 3 heteroatoms. The number of rotatable bonds is 5. The van der Waals surface area contributed by atoms with Crippen molar-refractivity contribution < 1.29 is 4.79 Å². The molecule has 3 unspecified atom stereocenters. The van der Waals surface area contributed by atoms with Crippen LogP contribution >= 0.6 is 0 Å². The van der Waals surface area contributed by atoms with Gasteiger partial charge in [-0.25, -0.2) is 0 Å². The molecule has 0 aromatic carbocycles. The molecule has 0 aromatic heterocycles. The van der Waals surface area contributed by atoms with E-state index in [0.29, 0.717) is 17.9 Å². The van der Waals surface area contributed by atoms with Gasteiger partial charge >= 0.3 is 0 Å². The van der Waals surface area contributed by atoms with Gasteiger partial charge in [-0.15, -0.1) is 0 Å². The van der Waals surface area contributed by atoms with Gasteiger partial charge in [-0.2, -0.15) is 0 Å². The van der Waals surface area contributed by atoms with Gasteiger partial charge in [0.1, 0.15) is 0 Å². The van der Waals surface area contributed by atoms with Gasteiger partial charge in [-0.05, 0) is 44.4 Å². The van der Waals surface area contributed by atoms with Crippen LogP contribution in [0, 0.1) is 11.8 Å². The van der Waals surface area contributed by atoms with Crippen LogP contribution in [0.1, 0.15) is 53.4 Å². The zero-order chi connectivity index (χ0) is 12.6. The van der Waals surface area contributed by atoms with E-state index in [1.54, 1.807) is 0 Å². The first kappa shape index (κ1) is 12.9. The van der Waals surface area contributed by atoms with Gasteiger partial charge in [0.25, 0.3) is 0 Å². The summed E-state index contributed by atoms with van der Waals surface area (Å²) in [6.07, 6.45) is 4.84. The van der Waals surface area contributed by atoms with Gasteiger partial charge in [0, 0.05) is 6.04 Å². The lowest BCUT2D eigenvalue weighted by atomic mass is 10.0. The van der Waals surface area contributed by atoms with Crippen LogP contribution in [0.25, 0.3) is 0 Å². The smallest absolute Gasteiger partial charge is 0.241 e. The van der Waals surface area contributed by atoms with Crippen LogP contribution in [0.3, 0.4) is 0 Å². The van der Waals surface area contributed by atoms with Crippen molar-refractivity contribution in [2.45, 2.75) is 71.6 Å². The SMILES string of the molecule is CCC1NC(CC(C)C)C(=O)N1C(C)C1CC1. The van der Waals surface area contributed by atoms with E-state index in [0.717, 1.165) is 18.8 Å². The quantitative estimate of drug-likeness (QED) is 0.797. The summed E-state index contributed by atoms with van der Waals surface area (Å²) in [7, 11) is 0. The van der Waals surface area contributed by atoms with Crippen LogP contribution in [-0.4, -0.2) is 29.1 Å². The fraction of sp³-hybridized carbons (Fsp3) is 0.929. The Bertz CT molecular complexity index is 286. The van der Waals surface area contributed by atoms with Crippen molar-refractivity contribution in [3.63, 3.8) is 0 Å². The van der Waals surface area contributed by atoms with E-state index in [1.807, 2.05) is 0 Å². The molecule has 98 valence electrons. The highest BCUT2D eigenvalue weighted by Gasteiger charge is 2.44. The molecule has 0 aromatic rings. The summed E-state index contributed by atoms with van der Waals surface area (Å²) in [5, 5.41) is 3.51. The first-order chi connectivity index (χ1) is 8.04. The molecule has 1 N–H and O–H groups in total. The Balaban J connectivity index is 2.05. The highest BCUT2D eigenvalue weighted by atomic mass is 16.2. The van der Waals surface area contributed by atoms with E-state index in [1.165, 1.54) is 12.8 Å². The third-order valence-electron chi connectivity index (χ3n) is 4.12. The average molecular weight is 238 g/mol. The Kier molecular flexibility index (Phi) is 3.76. The molecule has 0 bridgehead atoms. The molecule has 0 spiro atoms. The van der Waals surface area contributed by atoms with Crippen molar-refractivity contribution >= 4 is 5.91 Å². The predicted molar refractivity (Wildman–Crippen MR) is 69.5 cm³/mol. The maximum atomic E-state index is 12.4. The molecule has 3 atom stereocenters. The lowest BCUT2D eigenvalue weighted by Crippen LogP contribution is -2.43. The van der Waals surface area contributed by atoms with Crippen molar-refractivity contribution in [3.8, 4) is 0 Å². The summed E-state index contributed by atoms with van der Waals surface area (Å²) in [5.41, 5.74) is 0. The van der Waals surface area contributed by atoms with E-state index < -0.39 is 0 Å². The molecule has 1 aliphatic heterocycles.